The Morgan fingerprint density at radius 1 is 0.450 bits per heavy atom. The van der Waals surface area contributed by atoms with E-state index in [-0.39, 0.29) is 121 Å². The number of aliphatic hydroxyl groups is 9. The molecule has 3 aliphatic rings. The van der Waals surface area contributed by atoms with Gasteiger partial charge < -0.3 is 100 Å². The predicted molar refractivity (Wildman–Crippen MR) is 290 cm³/mol. The Kier molecular flexibility index (Phi) is 36.7. The topological polar surface area (TPSA) is 380 Å². The fourth-order valence-corrected chi connectivity index (χ4v) is 9.35. The first-order valence-corrected chi connectivity index (χ1v) is 28.9. The molecule has 0 aromatic heterocycles. The normalized spacial score (nSPS) is 29.4. The van der Waals surface area contributed by atoms with Gasteiger partial charge in [0.15, 0.2) is 18.9 Å². The van der Waals surface area contributed by atoms with Crippen molar-refractivity contribution in [3.8, 4) is 0 Å². The molecular formula is C55H102N4O21. The Morgan fingerprint density at radius 3 is 1.19 bits per heavy atom. The summed E-state index contributed by atoms with van der Waals surface area (Å²) in [4.78, 5) is 66.4. The summed E-state index contributed by atoms with van der Waals surface area (Å²) >= 11 is 0. The maximum atomic E-state index is 13.8. The van der Waals surface area contributed by atoms with Crippen LogP contribution < -0.4 is 21.3 Å². The highest BCUT2D eigenvalue weighted by Gasteiger charge is 2.45. The zero-order valence-electron chi connectivity index (χ0n) is 48.5. The number of unbranched alkanes of at least 4 members (excludes halogenated alkanes) is 1. The molecule has 3 saturated heterocycles. The van der Waals surface area contributed by atoms with E-state index in [1.807, 2.05) is 0 Å². The number of nitrogens with one attached hydrogen (secondary N) is 4. The predicted octanol–water partition coefficient (Wildman–Crippen LogP) is -0.415. The van der Waals surface area contributed by atoms with Crippen LogP contribution in [-0.2, 0) is 57.1 Å². The SMILES string of the molecule is CC(C)C.COCCCNC(=O)CCCC(=O)NC(CCCC(=O)CCCCO[C@@H]1OC(CO)[C@H](O)[C@H](O)C1C)(CCC(=O)NCCCO[C@@H]1OC(CO)[C@H](O)[C@H](O)C1C)CCC(=O)NCCCO[C@@H]1OC(CO)[C@H](O)[C@H](O)C1C. The molecule has 25 nitrogen and oxygen atoms in total. The zero-order chi connectivity index (χ0) is 59.8. The number of aliphatic hydroxyl groups excluding tert-OH is 9. The third-order valence-electron chi connectivity index (χ3n) is 14.4. The van der Waals surface area contributed by atoms with Crippen molar-refractivity contribution in [2.24, 2.45) is 23.7 Å². The van der Waals surface area contributed by atoms with Crippen molar-refractivity contribution in [2.45, 2.75) is 224 Å². The standard InChI is InChI=1S/C51H92N4O21.C4H10/c1-31-42(64)45(67)35(28-56)74-48(31)71-25-6-5-12-34(59)13-8-18-51(55-41(63)15-7-14-38(60)52-21-9-24-70-4,19-16-39(61)53-22-10-26-72-49-32(2)43(65)46(68)36(29-57)75-49)20-17-40(62)54-23-11-27-73-50-33(3)44(66)47(69)37(30-58)76-50;1-4(2)3/h31-33,35-37,42-50,56-58,64-69H,5-30H2,1-4H3,(H,52,60)(H,53,61)(H,54,62)(H,55,63);4H,1-3H3/t31?,32?,33?,35?,36?,37?,42-,43-,44-,45+,46+,47+,48-,49-,50-,51?;/m1./s1. The van der Waals surface area contributed by atoms with E-state index in [2.05, 4.69) is 42.0 Å². The van der Waals surface area contributed by atoms with Crippen LogP contribution in [-0.4, -0.2) is 228 Å². The number of amides is 4. The number of rotatable bonds is 38. The van der Waals surface area contributed by atoms with E-state index in [4.69, 9.17) is 33.2 Å². The molecule has 0 saturated carbocycles. The number of ether oxygens (including phenoxy) is 7. The summed E-state index contributed by atoms with van der Waals surface area (Å²) in [6, 6.07) is 0. The molecule has 80 heavy (non-hydrogen) atoms. The monoisotopic (exact) mass is 1150 g/mol. The number of carbonyl (C=O) groups excluding carboxylic acids is 5. The van der Waals surface area contributed by atoms with Gasteiger partial charge in [-0.1, -0.05) is 41.5 Å². The maximum absolute atomic E-state index is 13.8. The van der Waals surface area contributed by atoms with E-state index in [9.17, 15) is 69.9 Å². The molecule has 6 unspecified atom stereocenters. The van der Waals surface area contributed by atoms with Gasteiger partial charge in [-0.15, -0.1) is 0 Å². The fourth-order valence-electron chi connectivity index (χ4n) is 9.35. The van der Waals surface area contributed by atoms with Gasteiger partial charge in [-0.25, -0.2) is 0 Å². The van der Waals surface area contributed by atoms with Crippen LogP contribution in [0.3, 0.4) is 0 Å². The summed E-state index contributed by atoms with van der Waals surface area (Å²) in [5, 5.41) is 102. The van der Waals surface area contributed by atoms with Crippen molar-refractivity contribution in [3.63, 3.8) is 0 Å². The first-order valence-electron chi connectivity index (χ1n) is 28.9. The molecule has 0 radical (unpaired) electrons. The van der Waals surface area contributed by atoms with Crippen LogP contribution in [0, 0.1) is 23.7 Å². The highest BCUT2D eigenvalue weighted by molar-refractivity contribution is 5.80. The molecule has 3 rings (SSSR count). The van der Waals surface area contributed by atoms with Gasteiger partial charge in [0.1, 0.15) is 42.4 Å². The lowest BCUT2D eigenvalue weighted by Gasteiger charge is -2.40. The van der Waals surface area contributed by atoms with Crippen LogP contribution in [0.5, 0.6) is 0 Å². The molecule has 13 N–H and O–H groups in total. The summed E-state index contributed by atoms with van der Waals surface area (Å²) in [5.74, 6) is -2.32. The van der Waals surface area contributed by atoms with Crippen molar-refractivity contribution in [2.75, 3.05) is 73.0 Å². The molecule has 4 amide bonds. The van der Waals surface area contributed by atoms with Crippen LogP contribution in [0.2, 0.25) is 0 Å². The number of hydrogen-bond acceptors (Lipinski definition) is 21. The van der Waals surface area contributed by atoms with E-state index < -0.39 is 123 Å². The molecule has 25 heteroatoms. The number of ketones is 1. The van der Waals surface area contributed by atoms with Gasteiger partial charge in [0.05, 0.1) is 51.3 Å². The first-order chi connectivity index (χ1) is 38.0. The van der Waals surface area contributed by atoms with E-state index in [1.54, 1.807) is 27.9 Å². The maximum Gasteiger partial charge on any atom is 0.220 e. The van der Waals surface area contributed by atoms with Crippen molar-refractivity contribution in [1.82, 2.24) is 21.3 Å². The van der Waals surface area contributed by atoms with E-state index in [0.717, 1.165) is 5.92 Å². The molecule has 0 aliphatic carbocycles. The minimum Gasteiger partial charge on any atom is -0.394 e. The van der Waals surface area contributed by atoms with Crippen LogP contribution in [0.15, 0.2) is 0 Å². The lowest BCUT2D eigenvalue weighted by molar-refractivity contribution is -0.282. The average molecular weight is 1160 g/mol. The minimum atomic E-state index is -1.28. The Balaban J connectivity index is 0.00000528. The quantitative estimate of drug-likeness (QED) is 0.0349. The van der Waals surface area contributed by atoms with Gasteiger partial charge in [0, 0.05) is 102 Å². The van der Waals surface area contributed by atoms with E-state index >= 15 is 0 Å². The highest BCUT2D eigenvalue weighted by Crippen LogP contribution is 2.31. The Morgan fingerprint density at radius 2 is 0.800 bits per heavy atom. The molecule has 3 heterocycles. The number of carbonyl (C=O) groups is 5. The average Bonchev–Trinajstić information content (AvgIpc) is 3.42. The fraction of sp³-hybridized carbons (Fsp3) is 0.909. The van der Waals surface area contributed by atoms with Crippen molar-refractivity contribution in [1.29, 1.82) is 0 Å². The van der Waals surface area contributed by atoms with E-state index in [0.29, 0.717) is 51.7 Å². The lowest BCUT2D eigenvalue weighted by atomic mass is 9.82. The number of Topliss-reactive ketones (excluding diaryl/α,β-unsaturated/α-hetero) is 1. The highest BCUT2D eigenvalue weighted by atomic mass is 16.7. The third-order valence-corrected chi connectivity index (χ3v) is 14.4. The van der Waals surface area contributed by atoms with E-state index in [1.165, 1.54) is 0 Å². The number of methoxy groups -OCH3 is 1. The Hall–Kier alpha value is -3.09. The van der Waals surface area contributed by atoms with Crippen molar-refractivity contribution >= 4 is 29.4 Å². The first kappa shape index (κ1) is 73.0. The van der Waals surface area contributed by atoms with Crippen molar-refractivity contribution in [3.05, 3.63) is 0 Å². The molecular weight excluding hydrogens is 1050 g/mol. The van der Waals surface area contributed by atoms with Crippen LogP contribution >= 0.6 is 0 Å². The van der Waals surface area contributed by atoms with Crippen LogP contribution in [0.25, 0.3) is 0 Å². The molecule has 3 aliphatic heterocycles. The van der Waals surface area contributed by atoms with Crippen molar-refractivity contribution < 1.29 is 103 Å². The minimum absolute atomic E-state index is 0.0335. The Labute approximate surface area is 472 Å². The van der Waals surface area contributed by atoms with Gasteiger partial charge in [-0.3, -0.25) is 24.0 Å². The van der Waals surface area contributed by atoms with Gasteiger partial charge in [0.2, 0.25) is 23.6 Å². The van der Waals surface area contributed by atoms with Gasteiger partial charge in [-0.05, 0) is 70.1 Å². The Bertz CT molecular complexity index is 1670. The smallest absolute Gasteiger partial charge is 0.220 e. The molecule has 3 fully saturated rings. The van der Waals surface area contributed by atoms with Gasteiger partial charge >= 0.3 is 0 Å². The summed E-state index contributed by atoms with van der Waals surface area (Å²) in [6.45, 7) is 11.6. The second kappa shape index (κ2) is 40.2. The second-order valence-electron chi connectivity index (χ2n) is 22.2. The summed E-state index contributed by atoms with van der Waals surface area (Å²) in [7, 11) is 1.56. The molecule has 468 valence electrons. The largest absolute Gasteiger partial charge is 0.394 e. The van der Waals surface area contributed by atoms with Crippen LogP contribution in [0.4, 0.5) is 0 Å². The summed E-state index contributed by atoms with van der Waals surface area (Å²) < 4.78 is 39.2. The second-order valence-corrected chi connectivity index (χ2v) is 22.2. The summed E-state index contributed by atoms with van der Waals surface area (Å²) in [6.07, 6.45) is -9.62. The molecule has 0 spiro atoms. The number of hydrogen-bond donors (Lipinski definition) is 13. The molecule has 15 atom stereocenters. The van der Waals surface area contributed by atoms with Gasteiger partial charge in [0.25, 0.3) is 0 Å². The molecule has 0 bridgehead atoms. The summed E-state index contributed by atoms with van der Waals surface area (Å²) in [5.41, 5.74) is -1.15. The van der Waals surface area contributed by atoms with Gasteiger partial charge in [-0.2, -0.15) is 0 Å². The zero-order valence-corrected chi connectivity index (χ0v) is 48.5. The molecule has 0 aromatic carbocycles. The molecule has 0 aromatic rings. The third kappa shape index (κ3) is 27.1. The van der Waals surface area contributed by atoms with Crippen LogP contribution in [0.1, 0.15) is 144 Å². The lowest BCUT2D eigenvalue weighted by Crippen LogP contribution is -2.55.